The van der Waals surface area contributed by atoms with E-state index in [0.29, 0.717) is 12.2 Å². The smallest absolute Gasteiger partial charge is 0.324 e. The van der Waals surface area contributed by atoms with Gasteiger partial charge in [-0.1, -0.05) is 19.1 Å². The van der Waals surface area contributed by atoms with Gasteiger partial charge in [-0.05, 0) is 55.3 Å². The maximum absolute atomic E-state index is 13.2. The second-order valence-electron chi connectivity index (χ2n) is 7.12. The molecule has 0 aromatic heterocycles. The van der Waals surface area contributed by atoms with Gasteiger partial charge in [0.1, 0.15) is 24.2 Å². The van der Waals surface area contributed by atoms with Gasteiger partial charge in [0.15, 0.2) is 0 Å². The van der Waals surface area contributed by atoms with Crippen LogP contribution in [0.15, 0.2) is 53.4 Å². The number of carboxylic acid groups (broad SMARTS) is 1. The van der Waals surface area contributed by atoms with E-state index in [2.05, 4.69) is 0 Å². The molecule has 3 atom stereocenters. The van der Waals surface area contributed by atoms with Crippen molar-refractivity contribution in [3.63, 3.8) is 0 Å². The zero-order valence-electron chi connectivity index (χ0n) is 16.7. The minimum absolute atomic E-state index is 0.0214. The summed E-state index contributed by atoms with van der Waals surface area (Å²) in [5, 5.41) is 9.56. The van der Waals surface area contributed by atoms with E-state index in [1.165, 1.54) is 36.4 Å². The van der Waals surface area contributed by atoms with Crippen molar-refractivity contribution in [1.82, 2.24) is 4.31 Å². The molecule has 9 heteroatoms. The molecule has 0 saturated carbocycles. The van der Waals surface area contributed by atoms with E-state index in [1.807, 2.05) is 6.92 Å². The van der Waals surface area contributed by atoms with Gasteiger partial charge in [0.05, 0.1) is 17.1 Å². The molecule has 30 heavy (non-hydrogen) atoms. The Balaban J connectivity index is 1.77. The van der Waals surface area contributed by atoms with Crippen molar-refractivity contribution in [3.8, 4) is 5.75 Å². The molecule has 3 rings (SSSR count). The van der Waals surface area contributed by atoms with Crippen molar-refractivity contribution in [2.75, 3.05) is 6.54 Å². The Bertz CT molecular complexity index is 978. The van der Waals surface area contributed by atoms with E-state index >= 15 is 0 Å². The van der Waals surface area contributed by atoms with Gasteiger partial charge in [-0.25, -0.2) is 12.8 Å². The lowest BCUT2D eigenvalue weighted by atomic mass is 10.1. The van der Waals surface area contributed by atoms with Crippen LogP contribution >= 0.6 is 0 Å². The molecule has 2 aromatic rings. The first-order valence-corrected chi connectivity index (χ1v) is 11.0. The monoisotopic (exact) mass is 437 g/mol. The van der Waals surface area contributed by atoms with Crippen molar-refractivity contribution in [2.45, 2.75) is 50.0 Å². The van der Waals surface area contributed by atoms with E-state index in [9.17, 15) is 22.7 Å². The zero-order chi connectivity index (χ0) is 21.9. The van der Waals surface area contributed by atoms with E-state index in [4.69, 9.17) is 9.47 Å². The van der Waals surface area contributed by atoms with Crippen molar-refractivity contribution in [1.29, 1.82) is 0 Å². The van der Waals surface area contributed by atoms with Crippen molar-refractivity contribution >= 4 is 16.0 Å². The molecule has 0 aliphatic carbocycles. The summed E-state index contributed by atoms with van der Waals surface area (Å²) in [5.74, 6) is -1.15. The minimum atomic E-state index is -4.05. The van der Waals surface area contributed by atoms with Crippen LogP contribution in [0.5, 0.6) is 5.75 Å². The van der Waals surface area contributed by atoms with Crippen LogP contribution in [-0.2, 0) is 26.2 Å². The number of carboxylic acids is 1. The molecule has 0 radical (unpaired) electrons. The van der Waals surface area contributed by atoms with E-state index in [1.54, 1.807) is 19.1 Å². The standard InChI is InChI=1S/C21H24FNO6S/c1-3-17-12-23(20(21(24)25)14(2)29-17)30(26,27)19-10-8-18(9-11-19)28-13-15-4-6-16(22)7-5-15/h4-11,14,17,20H,3,12-13H2,1-2H3,(H,24,25)/t14-,17-,20+/m0/s1. The number of nitrogens with zero attached hydrogens (tertiary/aromatic N) is 1. The molecule has 7 nitrogen and oxygen atoms in total. The Morgan fingerprint density at radius 1 is 1.20 bits per heavy atom. The molecule has 2 aromatic carbocycles. The lowest BCUT2D eigenvalue weighted by Gasteiger charge is -2.40. The van der Waals surface area contributed by atoms with Gasteiger partial charge in [0.2, 0.25) is 10.0 Å². The van der Waals surface area contributed by atoms with Crippen LogP contribution in [0.3, 0.4) is 0 Å². The highest BCUT2D eigenvalue weighted by molar-refractivity contribution is 7.89. The maximum atomic E-state index is 13.2. The number of hydrogen-bond acceptors (Lipinski definition) is 5. The number of rotatable bonds is 7. The average molecular weight is 437 g/mol. The molecule has 1 saturated heterocycles. The lowest BCUT2D eigenvalue weighted by molar-refractivity contribution is -0.156. The first kappa shape index (κ1) is 22.2. The molecular weight excluding hydrogens is 413 g/mol. The van der Waals surface area contributed by atoms with Gasteiger partial charge in [-0.3, -0.25) is 4.79 Å². The fourth-order valence-corrected chi connectivity index (χ4v) is 5.03. The summed E-state index contributed by atoms with van der Waals surface area (Å²) >= 11 is 0. The number of sulfonamides is 1. The van der Waals surface area contributed by atoms with Crippen LogP contribution in [0, 0.1) is 5.82 Å². The molecule has 0 amide bonds. The van der Waals surface area contributed by atoms with Crippen LogP contribution in [0.2, 0.25) is 0 Å². The van der Waals surface area contributed by atoms with Crippen molar-refractivity contribution < 1.29 is 32.2 Å². The summed E-state index contributed by atoms with van der Waals surface area (Å²) in [6, 6.07) is 10.4. The summed E-state index contributed by atoms with van der Waals surface area (Å²) in [5.41, 5.74) is 0.769. The van der Waals surface area contributed by atoms with Gasteiger partial charge in [0.25, 0.3) is 0 Å². The zero-order valence-corrected chi connectivity index (χ0v) is 17.5. The summed E-state index contributed by atoms with van der Waals surface area (Å²) in [4.78, 5) is 11.7. The third-order valence-electron chi connectivity index (χ3n) is 5.00. The van der Waals surface area contributed by atoms with Gasteiger partial charge in [-0.2, -0.15) is 4.31 Å². The SMILES string of the molecule is CC[C@H]1CN(S(=O)(=O)c2ccc(OCc3ccc(F)cc3)cc2)[C@@H](C(=O)O)[C@H](C)O1. The highest BCUT2D eigenvalue weighted by atomic mass is 32.2. The molecule has 162 valence electrons. The Labute approximate surface area is 175 Å². The molecule has 1 N–H and O–H groups in total. The minimum Gasteiger partial charge on any atom is -0.489 e. The molecule has 0 unspecified atom stereocenters. The lowest BCUT2D eigenvalue weighted by Crippen LogP contribution is -2.59. The van der Waals surface area contributed by atoms with Gasteiger partial charge in [-0.15, -0.1) is 0 Å². The fourth-order valence-electron chi connectivity index (χ4n) is 3.36. The Hall–Kier alpha value is -2.49. The number of benzene rings is 2. The largest absolute Gasteiger partial charge is 0.489 e. The Morgan fingerprint density at radius 2 is 1.83 bits per heavy atom. The molecule has 0 bridgehead atoms. The normalized spacial score (nSPS) is 22.6. The van der Waals surface area contributed by atoms with Crippen LogP contribution in [0.4, 0.5) is 4.39 Å². The number of carbonyl (C=O) groups is 1. The van der Waals surface area contributed by atoms with Gasteiger partial charge < -0.3 is 14.6 Å². The summed E-state index contributed by atoms with van der Waals surface area (Å²) < 4.78 is 51.5. The molecule has 0 spiro atoms. The van der Waals surface area contributed by atoms with Crippen LogP contribution < -0.4 is 4.74 Å². The molecule has 1 aliphatic rings. The molecule has 1 aliphatic heterocycles. The Kier molecular flexibility index (Phi) is 6.74. The summed E-state index contributed by atoms with van der Waals surface area (Å²) in [6.45, 7) is 3.60. The van der Waals surface area contributed by atoms with Crippen molar-refractivity contribution in [2.24, 2.45) is 0 Å². The number of hydrogen-bond donors (Lipinski definition) is 1. The van der Waals surface area contributed by atoms with Crippen LogP contribution in [-0.4, -0.2) is 48.6 Å². The number of morpholine rings is 1. The first-order chi connectivity index (χ1) is 14.2. The van der Waals surface area contributed by atoms with E-state index in [0.717, 1.165) is 9.87 Å². The highest BCUT2D eigenvalue weighted by Gasteiger charge is 2.45. The topological polar surface area (TPSA) is 93.1 Å². The maximum Gasteiger partial charge on any atom is 0.324 e. The Morgan fingerprint density at radius 3 is 2.40 bits per heavy atom. The van der Waals surface area contributed by atoms with Gasteiger partial charge >= 0.3 is 5.97 Å². The quantitative estimate of drug-likeness (QED) is 0.716. The van der Waals surface area contributed by atoms with Crippen molar-refractivity contribution in [3.05, 3.63) is 59.9 Å². The van der Waals surface area contributed by atoms with E-state index < -0.39 is 28.1 Å². The van der Waals surface area contributed by atoms with Crippen LogP contribution in [0.25, 0.3) is 0 Å². The summed E-state index contributed by atoms with van der Waals surface area (Å²) in [6.07, 6.45) is -0.572. The van der Waals surface area contributed by atoms with Crippen LogP contribution in [0.1, 0.15) is 25.8 Å². The third-order valence-corrected chi connectivity index (χ3v) is 6.86. The van der Waals surface area contributed by atoms with E-state index in [-0.39, 0.29) is 30.0 Å². The number of aliphatic carboxylic acids is 1. The third kappa shape index (κ3) is 4.80. The molecule has 1 fully saturated rings. The second-order valence-corrected chi connectivity index (χ2v) is 9.01. The second kappa shape index (κ2) is 9.11. The summed E-state index contributed by atoms with van der Waals surface area (Å²) in [7, 11) is -4.05. The first-order valence-electron chi connectivity index (χ1n) is 9.59. The predicted octanol–water partition coefficient (Wildman–Crippen LogP) is 3.05. The average Bonchev–Trinajstić information content (AvgIpc) is 2.72. The number of ether oxygens (including phenoxy) is 2. The fraction of sp³-hybridized carbons (Fsp3) is 0.381. The highest BCUT2D eigenvalue weighted by Crippen LogP contribution is 2.28. The number of halogens is 1. The molecular formula is C21H24FNO6S. The molecule has 1 heterocycles. The predicted molar refractivity (Wildman–Crippen MR) is 107 cm³/mol. The van der Waals surface area contributed by atoms with Gasteiger partial charge in [0, 0.05) is 6.54 Å².